The number of pyridine rings is 1. The van der Waals surface area contributed by atoms with Gasteiger partial charge in [0.1, 0.15) is 11.8 Å². The molecule has 2 aromatic heterocycles. The molecule has 138 valence electrons. The van der Waals surface area contributed by atoms with Gasteiger partial charge in [0, 0.05) is 36.0 Å². The van der Waals surface area contributed by atoms with Gasteiger partial charge >= 0.3 is 0 Å². The minimum atomic E-state index is -0.251. The summed E-state index contributed by atoms with van der Waals surface area (Å²) in [5.74, 6) is 3.12. The lowest BCUT2D eigenvalue weighted by molar-refractivity contribution is -0.135. The Morgan fingerprint density at radius 2 is 2.04 bits per heavy atom. The quantitative estimate of drug-likeness (QED) is 0.671. The Hall–Kier alpha value is -2.87. The van der Waals surface area contributed by atoms with E-state index >= 15 is 0 Å². The van der Waals surface area contributed by atoms with E-state index in [1.807, 2.05) is 42.5 Å². The maximum absolute atomic E-state index is 12.7. The van der Waals surface area contributed by atoms with Gasteiger partial charge in [-0.15, -0.1) is 0 Å². The van der Waals surface area contributed by atoms with E-state index in [9.17, 15) is 4.79 Å². The van der Waals surface area contributed by atoms with Gasteiger partial charge in [-0.05, 0) is 24.3 Å². The minimum absolute atomic E-state index is 0.0173. The van der Waals surface area contributed by atoms with Crippen molar-refractivity contribution in [1.29, 1.82) is 0 Å². The van der Waals surface area contributed by atoms with Gasteiger partial charge in [0.2, 0.25) is 5.82 Å². The fourth-order valence-electron chi connectivity index (χ4n) is 2.84. The van der Waals surface area contributed by atoms with Gasteiger partial charge in [-0.25, -0.2) is 0 Å². The lowest BCUT2D eigenvalue weighted by atomic mass is 10.2. The Morgan fingerprint density at radius 3 is 2.85 bits per heavy atom. The highest BCUT2D eigenvalue weighted by Gasteiger charge is 2.32. The van der Waals surface area contributed by atoms with E-state index in [1.165, 1.54) is 0 Å². The van der Waals surface area contributed by atoms with E-state index in [0.29, 0.717) is 24.0 Å². The molecule has 27 heavy (non-hydrogen) atoms. The average Bonchev–Trinajstić information content (AvgIpc) is 3.23. The number of hydrogen-bond acceptors (Lipinski definition) is 7. The molecule has 3 heterocycles. The maximum atomic E-state index is 12.7. The molecule has 1 aromatic carbocycles. The van der Waals surface area contributed by atoms with Crippen LogP contribution >= 0.6 is 11.8 Å². The third-order valence-corrected chi connectivity index (χ3v) is 5.24. The van der Waals surface area contributed by atoms with Crippen molar-refractivity contribution in [3.63, 3.8) is 0 Å². The fraction of sp³-hybridized carbons (Fsp3) is 0.263. The third-order valence-electron chi connectivity index (χ3n) is 4.22. The number of amides is 1. The van der Waals surface area contributed by atoms with Crippen LogP contribution < -0.4 is 4.74 Å². The second kappa shape index (κ2) is 8.22. The van der Waals surface area contributed by atoms with Crippen molar-refractivity contribution in [1.82, 2.24) is 20.0 Å². The molecule has 0 N–H and O–H groups in total. The van der Waals surface area contributed by atoms with Crippen LogP contribution in [0.2, 0.25) is 0 Å². The van der Waals surface area contributed by atoms with E-state index in [1.54, 1.807) is 29.1 Å². The molecule has 1 amide bonds. The molecule has 0 radical (unpaired) electrons. The van der Waals surface area contributed by atoms with Crippen molar-refractivity contribution >= 4 is 17.7 Å². The number of nitrogens with zero attached hydrogens (tertiary/aromatic N) is 4. The molecule has 1 fully saturated rings. The number of carbonyl (C=O) groups excluding carboxylic acids is 1. The lowest BCUT2D eigenvalue weighted by Gasteiger charge is -2.32. The zero-order valence-corrected chi connectivity index (χ0v) is 15.3. The van der Waals surface area contributed by atoms with Gasteiger partial charge in [0.25, 0.3) is 11.8 Å². The molecule has 0 spiro atoms. The molecule has 0 bridgehead atoms. The Labute approximate surface area is 160 Å². The minimum Gasteiger partial charge on any atom is -0.484 e. The molecule has 7 nitrogen and oxygen atoms in total. The van der Waals surface area contributed by atoms with Crippen LogP contribution in [-0.2, 0) is 4.79 Å². The first-order valence-corrected chi connectivity index (χ1v) is 9.76. The van der Waals surface area contributed by atoms with Crippen LogP contribution in [0.25, 0.3) is 11.4 Å². The number of carbonyl (C=O) groups is 1. The van der Waals surface area contributed by atoms with E-state index < -0.39 is 0 Å². The lowest BCUT2D eigenvalue weighted by Crippen LogP contribution is -2.43. The summed E-state index contributed by atoms with van der Waals surface area (Å²) in [6, 6.07) is 12.7. The predicted molar refractivity (Wildman–Crippen MR) is 101 cm³/mol. The Kier molecular flexibility index (Phi) is 5.34. The van der Waals surface area contributed by atoms with Gasteiger partial charge in [-0.3, -0.25) is 9.78 Å². The second-order valence-corrected chi connectivity index (χ2v) is 7.12. The van der Waals surface area contributed by atoms with E-state index in [4.69, 9.17) is 9.26 Å². The number of ether oxygens (including phenoxy) is 1. The molecular formula is C19H18N4O3S. The van der Waals surface area contributed by atoms with Crippen LogP contribution in [-0.4, -0.2) is 50.6 Å². The summed E-state index contributed by atoms with van der Waals surface area (Å²) in [6.07, 6.45) is 3.36. The molecule has 1 saturated heterocycles. The summed E-state index contributed by atoms with van der Waals surface area (Å²) in [5, 5.41) is 4.06. The van der Waals surface area contributed by atoms with E-state index in [2.05, 4.69) is 15.1 Å². The molecule has 1 atom stereocenters. The summed E-state index contributed by atoms with van der Waals surface area (Å²) in [6.45, 7) is 0.607. The van der Waals surface area contributed by atoms with Crippen LogP contribution in [0.4, 0.5) is 0 Å². The van der Waals surface area contributed by atoms with Crippen LogP contribution in [0.15, 0.2) is 59.4 Å². The predicted octanol–water partition coefficient (Wildman–Crippen LogP) is 2.83. The molecule has 1 unspecified atom stereocenters. The highest BCUT2D eigenvalue weighted by atomic mass is 32.2. The van der Waals surface area contributed by atoms with Crippen molar-refractivity contribution in [2.45, 2.75) is 6.04 Å². The van der Waals surface area contributed by atoms with Gasteiger partial charge < -0.3 is 14.2 Å². The largest absolute Gasteiger partial charge is 0.484 e. The number of benzene rings is 1. The second-order valence-electron chi connectivity index (χ2n) is 5.97. The van der Waals surface area contributed by atoms with Crippen molar-refractivity contribution < 1.29 is 14.1 Å². The summed E-state index contributed by atoms with van der Waals surface area (Å²) >= 11 is 1.77. The van der Waals surface area contributed by atoms with Gasteiger partial charge in [0.15, 0.2) is 6.61 Å². The topological polar surface area (TPSA) is 81.4 Å². The van der Waals surface area contributed by atoms with Crippen molar-refractivity contribution in [3.8, 4) is 17.1 Å². The molecule has 0 saturated carbocycles. The maximum Gasteiger partial charge on any atom is 0.261 e. The number of thioether (sulfide) groups is 1. The molecule has 0 aliphatic carbocycles. The molecular weight excluding hydrogens is 364 g/mol. The number of para-hydroxylation sites is 1. The first-order chi connectivity index (χ1) is 13.3. The Bertz CT molecular complexity index is 888. The first kappa shape index (κ1) is 17.5. The number of hydrogen-bond donors (Lipinski definition) is 0. The van der Waals surface area contributed by atoms with E-state index in [0.717, 1.165) is 17.1 Å². The SMILES string of the molecule is O=C(COc1ccccc1)N1CCSCC1c1nc(-c2ccncc2)no1. The van der Waals surface area contributed by atoms with Crippen LogP contribution in [0.3, 0.4) is 0 Å². The molecule has 1 aliphatic rings. The highest BCUT2D eigenvalue weighted by molar-refractivity contribution is 7.99. The molecule has 3 aromatic rings. The first-order valence-electron chi connectivity index (χ1n) is 8.60. The smallest absolute Gasteiger partial charge is 0.261 e. The van der Waals surface area contributed by atoms with Crippen molar-refractivity contribution in [2.75, 3.05) is 24.7 Å². The van der Waals surface area contributed by atoms with Crippen molar-refractivity contribution in [2.24, 2.45) is 0 Å². The molecule has 4 rings (SSSR count). The highest BCUT2D eigenvalue weighted by Crippen LogP contribution is 2.30. The average molecular weight is 382 g/mol. The Morgan fingerprint density at radius 1 is 1.22 bits per heavy atom. The Balaban J connectivity index is 1.47. The van der Waals surface area contributed by atoms with Gasteiger partial charge in [-0.1, -0.05) is 23.4 Å². The zero-order valence-electron chi connectivity index (χ0n) is 14.5. The van der Waals surface area contributed by atoms with Crippen molar-refractivity contribution in [3.05, 3.63) is 60.7 Å². The van der Waals surface area contributed by atoms with Crippen LogP contribution in [0, 0.1) is 0 Å². The zero-order chi connectivity index (χ0) is 18.5. The normalized spacial score (nSPS) is 16.9. The summed E-state index contributed by atoms with van der Waals surface area (Å²) < 4.78 is 11.1. The number of rotatable bonds is 5. The third kappa shape index (κ3) is 4.11. The van der Waals surface area contributed by atoms with E-state index in [-0.39, 0.29) is 18.6 Å². The summed E-state index contributed by atoms with van der Waals surface area (Å²) in [4.78, 5) is 23.0. The fourth-order valence-corrected chi connectivity index (χ4v) is 3.88. The van der Waals surface area contributed by atoms with Crippen LogP contribution in [0.1, 0.15) is 11.9 Å². The van der Waals surface area contributed by atoms with Crippen LogP contribution in [0.5, 0.6) is 5.75 Å². The summed E-state index contributed by atoms with van der Waals surface area (Å²) in [5.41, 5.74) is 0.828. The molecule has 8 heteroatoms. The van der Waals surface area contributed by atoms with Gasteiger partial charge in [-0.2, -0.15) is 16.7 Å². The van der Waals surface area contributed by atoms with Gasteiger partial charge in [0.05, 0.1) is 0 Å². The number of aromatic nitrogens is 3. The molecule has 1 aliphatic heterocycles. The monoisotopic (exact) mass is 382 g/mol. The standard InChI is InChI=1S/C19H18N4O3S/c24-17(12-25-15-4-2-1-3-5-15)23-10-11-27-13-16(23)19-21-18(22-26-19)14-6-8-20-9-7-14/h1-9,16H,10-13H2. The summed E-state index contributed by atoms with van der Waals surface area (Å²) in [7, 11) is 0.